The molecule has 0 saturated carbocycles. The van der Waals surface area contributed by atoms with E-state index in [-0.39, 0.29) is 5.91 Å². The van der Waals surface area contributed by atoms with Crippen LogP contribution >= 0.6 is 0 Å². The molecule has 0 aliphatic rings. The Balaban J connectivity index is 2.08. The van der Waals surface area contributed by atoms with Gasteiger partial charge in [0.05, 0.1) is 6.54 Å². The molecule has 0 aliphatic heterocycles. The van der Waals surface area contributed by atoms with E-state index in [0.29, 0.717) is 18.7 Å². The average molecular weight is 278 g/mol. The van der Waals surface area contributed by atoms with Gasteiger partial charge in [0.25, 0.3) is 5.91 Å². The summed E-state index contributed by atoms with van der Waals surface area (Å²) < 4.78 is 0. The molecule has 0 aromatic heterocycles. The standard InChI is InChI=1S/C18H18N2O/c1-14-6-4-9-16(12-14)18(21)20-13-17-8-3-2-7-15(17)10-5-11-19/h2-4,6-9,12H,11,13,19H2,1H3,(H,20,21). The van der Waals surface area contributed by atoms with Crippen LogP contribution in [0.15, 0.2) is 48.5 Å². The number of amides is 1. The highest BCUT2D eigenvalue weighted by Crippen LogP contribution is 2.08. The molecule has 1 amide bonds. The Morgan fingerprint density at radius 2 is 2.00 bits per heavy atom. The molecule has 0 atom stereocenters. The molecule has 0 heterocycles. The van der Waals surface area contributed by atoms with Crippen molar-refractivity contribution in [1.29, 1.82) is 0 Å². The summed E-state index contributed by atoms with van der Waals surface area (Å²) >= 11 is 0. The fourth-order valence-electron chi connectivity index (χ4n) is 2.01. The van der Waals surface area contributed by atoms with Gasteiger partial charge in [-0.15, -0.1) is 0 Å². The zero-order valence-electron chi connectivity index (χ0n) is 12.0. The van der Waals surface area contributed by atoms with E-state index < -0.39 is 0 Å². The van der Waals surface area contributed by atoms with Gasteiger partial charge in [0.15, 0.2) is 0 Å². The molecule has 2 rings (SSSR count). The average Bonchev–Trinajstić information content (AvgIpc) is 2.51. The van der Waals surface area contributed by atoms with Crippen molar-refractivity contribution < 1.29 is 4.79 Å². The van der Waals surface area contributed by atoms with Gasteiger partial charge in [-0.1, -0.05) is 47.7 Å². The van der Waals surface area contributed by atoms with Crippen LogP contribution in [-0.2, 0) is 6.54 Å². The molecule has 106 valence electrons. The summed E-state index contributed by atoms with van der Waals surface area (Å²) in [6, 6.07) is 15.3. The molecule has 21 heavy (non-hydrogen) atoms. The largest absolute Gasteiger partial charge is 0.348 e. The van der Waals surface area contributed by atoms with E-state index in [9.17, 15) is 4.79 Å². The molecule has 0 radical (unpaired) electrons. The molecule has 0 aliphatic carbocycles. The van der Waals surface area contributed by atoms with Gasteiger partial charge >= 0.3 is 0 Å². The lowest BCUT2D eigenvalue weighted by molar-refractivity contribution is 0.0951. The minimum Gasteiger partial charge on any atom is -0.348 e. The van der Waals surface area contributed by atoms with Crippen LogP contribution in [0.4, 0.5) is 0 Å². The van der Waals surface area contributed by atoms with E-state index in [4.69, 9.17) is 5.73 Å². The van der Waals surface area contributed by atoms with Crippen molar-refractivity contribution in [3.63, 3.8) is 0 Å². The third-order valence-electron chi connectivity index (χ3n) is 3.06. The Labute approximate surface area is 125 Å². The summed E-state index contributed by atoms with van der Waals surface area (Å²) in [5.41, 5.74) is 9.01. The third kappa shape index (κ3) is 4.20. The van der Waals surface area contributed by atoms with Crippen LogP contribution in [0.1, 0.15) is 27.0 Å². The van der Waals surface area contributed by atoms with Crippen LogP contribution in [0.25, 0.3) is 0 Å². The van der Waals surface area contributed by atoms with E-state index in [1.54, 1.807) is 0 Å². The van der Waals surface area contributed by atoms with E-state index in [1.807, 2.05) is 55.5 Å². The van der Waals surface area contributed by atoms with Crippen LogP contribution in [0.5, 0.6) is 0 Å². The predicted octanol–water partition coefficient (Wildman–Crippen LogP) is 2.24. The molecule has 0 bridgehead atoms. The van der Waals surface area contributed by atoms with Gasteiger partial charge in [-0.2, -0.15) is 0 Å². The number of aryl methyl sites for hydroxylation is 1. The number of hydrogen-bond acceptors (Lipinski definition) is 2. The Kier molecular flexibility index (Phi) is 5.14. The molecule has 3 nitrogen and oxygen atoms in total. The maximum absolute atomic E-state index is 12.1. The van der Waals surface area contributed by atoms with Gasteiger partial charge in [0.1, 0.15) is 0 Å². The van der Waals surface area contributed by atoms with Crippen molar-refractivity contribution in [2.75, 3.05) is 6.54 Å². The first kappa shape index (κ1) is 14.8. The highest BCUT2D eigenvalue weighted by atomic mass is 16.1. The van der Waals surface area contributed by atoms with Crippen molar-refractivity contribution in [2.45, 2.75) is 13.5 Å². The van der Waals surface area contributed by atoms with Crippen LogP contribution < -0.4 is 11.1 Å². The SMILES string of the molecule is Cc1cccc(C(=O)NCc2ccccc2C#CCN)c1. The van der Waals surface area contributed by atoms with E-state index in [1.165, 1.54) is 0 Å². The summed E-state index contributed by atoms with van der Waals surface area (Å²) in [6.07, 6.45) is 0. The molecule has 0 fully saturated rings. The van der Waals surface area contributed by atoms with Gasteiger partial charge < -0.3 is 11.1 Å². The van der Waals surface area contributed by atoms with Gasteiger partial charge in [-0.25, -0.2) is 0 Å². The second-order valence-electron chi connectivity index (χ2n) is 4.72. The molecule has 2 aromatic carbocycles. The fraction of sp³-hybridized carbons (Fsp3) is 0.167. The summed E-state index contributed by atoms with van der Waals surface area (Å²) in [4.78, 5) is 12.1. The third-order valence-corrected chi connectivity index (χ3v) is 3.06. The zero-order chi connectivity index (χ0) is 15.1. The van der Waals surface area contributed by atoms with Crippen molar-refractivity contribution >= 4 is 5.91 Å². The molecular weight excluding hydrogens is 260 g/mol. The monoisotopic (exact) mass is 278 g/mol. The lowest BCUT2D eigenvalue weighted by Gasteiger charge is -2.08. The Hall–Kier alpha value is -2.57. The maximum Gasteiger partial charge on any atom is 0.251 e. The summed E-state index contributed by atoms with van der Waals surface area (Å²) in [5.74, 6) is 5.77. The number of hydrogen-bond donors (Lipinski definition) is 2. The molecule has 3 N–H and O–H groups in total. The molecular formula is C18H18N2O. The van der Waals surface area contributed by atoms with Crippen molar-refractivity contribution in [2.24, 2.45) is 5.73 Å². The molecule has 2 aromatic rings. The molecule has 0 saturated heterocycles. The quantitative estimate of drug-likeness (QED) is 0.846. The highest BCUT2D eigenvalue weighted by molar-refractivity contribution is 5.94. The predicted molar refractivity (Wildman–Crippen MR) is 84.7 cm³/mol. The Bertz CT molecular complexity index is 696. The van der Waals surface area contributed by atoms with E-state index >= 15 is 0 Å². The summed E-state index contributed by atoms with van der Waals surface area (Å²) in [5, 5.41) is 2.92. The minimum atomic E-state index is -0.0831. The number of carbonyl (C=O) groups excluding carboxylic acids is 1. The topological polar surface area (TPSA) is 55.1 Å². The Morgan fingerprint density at radius 1 is 1.19 bits per heavy atom. The second-order valence-corrected chi connectivity index (χ2v) is 4.72. The number of benzene rings is 2. The smallest absolute Gasteiger partial charge is 0.251 e. The normalized spacial score (nSPS) is 9.62. The maximum atomic E-state index is 12.1. The van der Waals surface area contributed by atoms with Crippen molar-refractivity contribution in [1.82, 2.24) is 5.32 Å². The number of nitrogens with two attached hydrogens (primary N) is 1. The molecule has 0 spiro atoms. The number of rotatable bonds is 3. The van der Waals surface area contributed by atoms with Gasteiger partial charge in [0, 0.05) is 17.7 Å². The van der Waals surface area contributed by atoms with Gasteiger partial charge in [-0.3, -0.25) is 4.79 Å². The number of carbonyl (C=O) groups is 1. The van der Waals surface area contributed by atoms with Crippen LogP contribution in [0, 0.1) is 18.8 Å². The first-order valence-electron chi connectivity index (χ1n) is 6.82. The highest BCUT2D eigenvalue weighted by Gasteiger charge is 2.06. The van der Waals surface area contributed by atoms with Crippen molar-refractivity contribution in [3.8, 4) is 11.8 Å². The van der Waals surface area contributed by atoms with E-state index in [0.717, 1.165) is 16.7 Å². The lowest BCUT2D eigenvalue weighted by Crippen LogP contribution is -2.23. The molecule has 0 unspecified atom stereocenters. The second kappa shape index (κ2) is 7.28. The summed E-state index contributed by atoms with van der Waals surface area (Å²) in [6.45, 7) is 2.74. The van der Waals surface area contributed by atoms with Crippen molar-refractivity contribution in [3.05, 3.63) is 70.8 Å². The zero-order valence-corrected chi connectivity index (χ0v) is 12.0. The first-order valence-corrected chi connectivity index (χ1v) is 6.82. The Morgan fingerprint density at radius 3 is 2.76 bits per heavy atom. The lowest BCUT2D eigenvalue weighted by atomic mass is 10.1. The van der Waals surface area contributed by atoms with Gasteiger partial charge in [0.2, 0.25) is 0 Å². The molecule has 3 heteroatoms. The number of nitrogens with one attached hydrogen (secondary N) is 1. The minimum absolute atomic E-state index is 0.0831. The first-order chi connectivity index (χ1) is 10.2. The van der Waals surface area contributed by atoms with E-state index in [2.05, 4.69) is 17.2 Å². The van der Waals surface area contributed by atoms with Gasteiger partial charge in [-0.05, 0) is 30.7 Å². The van der Waals surface area contributed by atoms with Crippen LogP contribution in [-0.4, -0.2) is 12.5 Å². The van der Waals surface area contributed by atoms with Crippen LogP contribution in [0.2, 0.25) is 0 Å². The summed E-state index contributed by atoms with van der Waals surface area (Å²) in [7, 11) is 0. The fourth-order valence-corrected chi connectivity index (χ4v) is 2.01. The van der Waals surface area contributed by atoms with Crippen LogP contribution in [0.3, 0.4) is 0 Å².